The highest BCUT2D eigenvalue weighted by Gasteiger charge is 2.33. The standard InChI is InChI=1S/C16H33N3O.HI/c1-3-4-5-8-12-18-15(17)19-14-16(11-13-20-2)9-6-7-10-16;/h3-14H2,1-2H3,(H3,17,18,19);1H. The second-order valence-corrected chi connectivity index (χ2v) is 6.14. The molecule has 1 fully saturated rings. The third kappa shape index (κ3) is 8.86. The first-order valence-corrected chi connectivity index (χ1v) is 8.25. The molecular formula is C16H34IN3O. The summed E-state index contributed by atoms with van der Waals surface area (Å²) in [7, 11) is 1.78. The third-order valence-corrected chi connectivity index (χ3v) is 4.42. The smallest absolute Gasteiger partial charge is 0.188 e. The zero-order valence-electron chi connectivity index (χ0n) is 13.8. The van der Waals surface area contributed by atoms with E-state index < -0.39 is 0 Å². The van der Waals surface area contributed by atoms with E-state index in [1.54, 1.807) is 7.11 Å². The van der Waals surface area contributed by atoms with Crippen LogP contribution in [0, 0.1) is 5.41 Å². The predicted octanol–water partition coefficient (Wildman–Crippen LogP) is 3.69. The Morgan fingerprint density at radius 1 is 1.24 bits per heavy atom. The van der Waals surface area contributed by atoms with Gasteiger partial charge >= 0.3 is 0 Å². The fourth-order valence-electron chi connectivity index (χ4n) is 3.01. The summed E-state index contributed by atoms with van der Waals surface area (Å²) >= 11 is 0. The summed E-state index contributed by atoms with van der Waals surface area (Å²) in [6.45, 7) is 4.86. The van der Waals surface area contributed by atoms with Gasteiger partial charge in [-0.25, -0.2) is 0 Å². The minimum Gasteiger partial charge on any atom is -0.385 e. The van der Waals surface area contributed by atoms with Crippen molar-refractivity contribution in [2.75, 3.05) is 26.8 Å². The molecule has 0 aromatic heterocycles. The van der Waals surface area contributed by atoms with E-state index in [0.29, 0.717) is 11.4 Å². The van der Waals surface area contributed by atoms with E-state index in [1.165, 1.54) is 51.4 Å². The fourth-order valence-corrected chi connectivity index (χ4v) is 3.01. The number of guanidine groups is 1. The number of aliphatic imine (C=N–C) groups is 1. The molecule has 0 heterocycles. The number of rotatable bonds is 10. The molecule has 126 valence electrons. The van der Waals surface area contributed by atoms with Crippen molar-refractivity contribution in [1.29, 1.82) is 0 Å². The van der Waals surface area contributed by atoms with E-state index in [1.807, 2.05) is 0 Å². The van der Waals surface area contributed by atoms with E-state index in [4.69, 9.17) is 10.5 Å². The lowest BCUT2D eigenvalue weighted by atomic mass is 9.83. The van der Waals surface area contributed by atoms with Crippen LogP contribution in [-0.4, -0.2) is 32.8 Å². The molecule has 0 aliphatic heterocycles. The van der Waals surface area contributed by atoms with Gasteiger partial charge in [0.05, 0.1) is 0 Å². The molecule has 0 radical (unpaired) electrons. The normalized spacial score (nSPS) is 17.5. The molecular weight excluding hydrogens is 377 g/mol. The van der Waals surface area contributed by atoms with Crippen LogP contribution in [0.5, 0.6) is 0 Å². The van der Waals surface area contributed by atoms with Crippen LogP contribution in [0.4, 0.5) is 0 Å². The van der Waals surface area contributed by atoms with Crippen molar-refractivity contribution in [3.8, 4) is 0 Å². The maximum Gasteiger partial charge on any atom is 0.188 e. The molecule has 0 aromatic rings. The maximum absolute atomic E-state index is 5.96. The minimum atomic E-state index is 0. The lowest BCUT2D eigenvalue weighted by Crippen LogP contribution is -2.34. The van der Waals surface area contributed by atoms with E-state index >= 15 is 0 Å². The summed E-state index contributed by atoms with van der Waals surface area (Å²) in [4.78, 5) is 4.58. The molecule has 3 N–H and O–H groups in total. The molecule has 21 heavy (non-hydrogen) atoms. The molecule has 0 atom stereocenters. The van der Waals surface area contributed by atoms with Gasteiger partial charge in [-0.15, -0.1) is 24.0 Å². The summed E-state index contributed by atoms with van der Waals surface area (Å²) in [5.74, 6) is 0.616. The quantitative estimate of drug-likeness (QED) is 0.250. The van der Waals surface area contributed by atoms with Gasteiger partial charge in [-0.3, -0.25) is 4.99 Å². The van der Waals surface area contributed by atoms with Crippen molar-refractivity contribution < 1.29 is 4.74 Å². The van der Waals surface area contributed by atoms with Crippen molar-refractivity contribution in [2.24, 2.45) is 16.1 Å². The van der Waals surface area contributed by atoms with Crippen molar-refractivity contribution in [3.63, 3.8) is 0 Å². The van der Waals surface area contributed by atoms with E-state index in [2.05, 4.69) is 17.2 Å². The van der Waals surface area contributed by atoms with Crippen LogP contribution in [0.3, 0.4) is 0 Å². The first-order chi connectivity index (χ1) is 9.72. The van der Waals surface area contributed by atoms with Gasteiger partial charge in [-0.2, -0.15) is 0 Å². The highest BCUT2D eigenvalue weighted by Crippen LogP contribution is 2.41. The third-order valence-electron chi connectivity index (χ3n) is 4.42. The molecule has 0 aromatic carbocycles. The van der Waals surface area contributed by atoms with Crippen molar-refractivity contribution in [3.05, 3.63) is 0 Å². The maximum atomic E-state index is 5.96. The Morgan fingerprint density at radius 2 is 1.95 bits per heavy atom. The molecule has 1 saturated carbocycles. The average molecular weight is 411 g/mol. The molecule has 0 unspecified atom stereocenters. The van der Waals surface area contributed by atoms with Crippen LogP contribution in [0.15, 0.2) is 4.99 Å². The Balaban J connectivity index is 0.00000400. The van der Waals surface area contributed by atoms with Crippen molar-refractivity contribution in [1.82, 2.24) is 5.32 Å². The van der Waals surface area contributed by atoms with Crippen LogP contribution in [0.1, 0.15) is 64.7 Å². The Hall–Kier alpha value is -0.0400. The lowest BCUT2D eigenvalue weighted by molar-refractivity contribution is 0.141. The highest BCUT2D eigenvalue weighted by molar-refractivity contribution is 14.0. The molecule has 1 rings (SSSR count). The predicted molar refractivity (Wildman–Crippen MR) is 101 cm³/mol. The molecule has 0 spiro atoms. The van der Waals surface area contributed by atoms with Gasteiger partial charge in [0.2, 0.25) is 0 Å². The van der Waals surface area contributed by atoms with Gasteiger partial charge in [-0.1, -0.05) is 39.0 Å². The van der Waals surface area contributed by atoms with Gasteiger partial charge in [0, 0.05) is 26.8 Å². The first kappa shape index (κ1) is 21.0. The van der Waals surface area contributed by atoms with Crippen molar-refractivity contribution >= 4 is 29.9 Å². The van der Waals surface area contributed by atoms with Crippen LogP contribution >= 0.6 is 24.0 Å². The lowest BCUT2D eigenvalue weighted by Gasteiger charge is -2.26. The Morgan fingerprint density at radius 3 is 2.57 bits per heavy atom. The molecule has 0 saturated heterocycles. The van der Waals surface area contributed by atoms with E-state index in [9.17, 15) is 0 Å². The van der Waals surface area contributed by atoms with Crippen LogP contribution in [0.2, 0.25) is 0 Å². The van der Waals surface area contributed by atoms with Gasteiger partial charge in [-0.05, 0) is 31.1 Å². The zero-order chi connectivity index (χ0) is 14.7. The second-order valence-electron chi connectivity index (χ2n) is 6.14. The number of methoxy groups -OCH3 is 1. The van der Waals surface area contributed by atoms with E-state index in [-0.39, 0.29) is 24.0 Å². The SMILES string of the molecule is CCCCCCNC(N)=NCC1(CCOC)CCCC1.I. The fraction of sp³-hybridized carbons (Fsp3) is 0.938. The molecule has 5 heteroatoms. The number of nitrogens with two attached hydrogens (primary N) is 1. The molecule has 0 bridgehead atoms. The number of hydrogen-bond acceptors (Lipinski definition) is 2. The Labute approximate surface area is 147 Å². The summed E-state index contributed by atoms with van der Waals surface area (Å²) in [6.07, 6.45) is 11.3. The Kier molecular flexibility index (Phi) is 12.5. The molecule has 0 amide bonds. The largest absolute Gasteiger partial charge is 0.385 e. The number of unbranched alkanes of at least 4 members (excludes halogenated alkanes) is 3. The average Bonchev–Trinajstić information content (AvgIpc) is 2.92. The topological polar surface area (TPSA) is 59.6 Å². The number of ether oxygens (including phenoxy) is 1. The van der Waals surface area contributed by atoms with Gasteiger partial charge in [0.1, 0.15) is 0 Å². The number of halogens is 1. The summed E-state index contributed by atoms with van der Waals surface area (Å²) < 4.78 is 5.24. The monoisotopic (exact) mass is 411 g/mol. The second kappa shape index (κ2) is 12.5. The number of hydrogen-bond donors (Lipinski definition) is 2. The van der Waals surface area contributed by atoms with Crippen LogP contribution in [-0.2, 0) is 4.74 Å². The summed E-state index contributed by atoms with van der Waals surface area (Å²) in [5, 5.41) is 3.24. The number of nitrogens with zero attached hydrogens (tertiary/aromatic N) is 1. The first-order valence-electron chi connectivity index (χ1n) is 8.25. The molecule has 4 nitrogen and oxygen atoms in total. The summed E-state index contributed by atoms with van der Waals surface area (Å²) in [6, 6.07) is 0. The van der Waals surface area contributed by atoms with Crippen LogP contribution < -0.4 is 11.1 Å². The Bertz CT molecular complexity index is 279. The molecule has 1 aliphatic rings. The minimum absolute atomic E-state index is 0. The van der Waals surface area contributed by atoms with Gasteiger partial charge in [0.15, 0.2) is 5.96 Å². The van der Waals surface area contributed by atoms with Crippen LogP contribution in [0.25, 0.3) is 0 Å². The van der Waals surface area contributed by atoms with Crippen molar-refractivity contribution in [2.45, 2.75) is 64.7 Å². The van der Waals surface area contributed by atoms with Gasteiger partial charge in [0.25, 0.3) is 0 Å². The van der Waals surface area contributed by atoms with Gasteiger partial charge < -0.3 is 15.8 Å². The molecule has 1 aliphatic carbocycles. The zero-order valence-corrected chi connectivity index (χ0v) is 16.2. The van der Waals surface area contributed by atoms with E-state index in [0.717, 1.165) is 26.1 Å². The highest BCUT2D eigenvalue weighted by atomic mass is 127. The summed E-state index contributed by atoms with van der Waals surface area (Å²) in [5.41, 5.74) is 6.30. The number of nitrogens with one attached hydrogen (secondary N) is 1.